The van der Waals surface area contributed by atoms with Crippen LogP contribution in [0.1, 0.15) is 50.8 Å². The Morgan fingerprint density at radius 3 is 2.52 bits per heavy atom. The highest BCUT2D eigenvalue weighted by molar-refractivity contribution is 5.39. The fraction of sp³-hybridized carbons (Fsp3) is 0.350. The van der Waals surface area contributed by atoms with Gasteiger partial charge in [-0.25, -0.2) is 0 Å². The highest BCUT2D eigenvalue weighted by atomic mass is 14.2. The largest absolute Gasteiger partial charge is 0.192 e. The van der Waals surface area contributed by atoms with E-state index >= 15 is 0 Å². The summed E-state index contributed by atoms with van der Waals surface area (Å²) >= 11 is 0. The second-order valence-electron chi connectivity index (χ2n) is 5.43. The Morgan fingerprint density at radius 2 is 1.95 bits per heavy atom. The number of hydrogen-bond acceptors (Lipinski definition) is 1. The lowest BCUT2D eigenvalue weighted by Gasteiger charge is -2.09. The quantitative estimate of drug-likeness (QED) is 0.629. The number of rotatable bonds is 6. The summed E-state index contributed by atoms with van der Waals surface area (Å²) in [5.41, 5.74) is 6.02. The number of aryl methyl sites for hydroxylation is 2. The molecule has 0 N–H and O–H groups in total. The Bertz CT molecular complexity index is 591. The van der Waals surface area contributed by atoms with Gasteiger partial charge in [0.2, 0.25) is 0 Å². The van der Waals surface area contributed by atoms with Gasteiger partial charge in [-0.3, -0.25) is 0 Å². The molecular weight excluding hydrogens is 254 g/mol. The molecule has 0 saturated heterocycles. The molecule has 0 aromatic heterocycles. The standard InChI is InChI=1S/C20H25N/c1-5-7-17(9-8-16(3)4)10-13-20-14-18(15-21)11-12-19(20)6-2/h5,7-9,11-12,14H,6,10,13H2,1-4H3/b7-5-,17-9+. The molecule has 1 heteroatoms. The van der Waals surface area contributed by atoms with E-state index in [0.29, 0.717) is 0 Å². The third-order valence-electron chi connectivity index (χ3n) is 3.41. The van der Waals surface area contributed by atoms with E-state index in [1.807, 2.05) is 19.1 Å². The molecule has 1 rings (SSSR count). The average Bonchev–Trinajstić information content (AvgIpc) is 2.49. The lowest BCUT2D eigenvalue weighted by Crippen LogP contribution is -1.95. The first-order chi connectivity index (χ1) is 10.1. The van der Waals surface area contributed by atoms with Gasteiger partial charge in [0.05, 0.1) is 11.6 Å². The van der Waals surface area contributed by atoms with E-state index in [-0.39, 0.29) is 0 Å². The van der Waals surface area contributed by atoms with Gasteiger partial charge in [-0.2, -0.15) is 5.26 Å². The summed E-state index contributed by atoms with van der Waals surface area (Å²) in [4.78, 5) is 0. The summed E-state index contributed by atoms with van der Waals surface area (Å²) in [6.07, 6.45) is 11.6. The summed E-state index contributed by atoms with van der Waals surface area (Å²) in [5, 5.41) is 9.05. The van der Waals surface area contributed by atoms with Gasteiger partial charge in [-0.05, 0) is 68.9 Å². The zero-order valence-electron chi connectivity index (χ0n) is 13.6. The van der Waals surface area contributed by atoms with Gasteiger partial charge in [-0.15, -0.1) is 0 Å². The van der Waals surface area contributed by atoms with Crippen molar-refractivity contribution in [3.8, 4) is 6.07 Å². The van der Waals surface area contributed by atoms with Crippen LogP contribution < -0.4 is 0 Å². The Labute approximate surface area is 129 Å². The number of hydrogen-bond donors (Lipinski definition) is 0. The van der Waals surface area contributed by atoms with Gasteiger partial charge in [0, 0.05) is 0 Å². The Balaban J connectivity index is 2.92. The number of nitrogens with zero attached hydrogens (tertiary/aromatic N) is 1. The van der Waals surface area contributed by atoms with Gasteiger partial charge in [0.1, 0.15) is 0 Å². The first-order valence-electron chi connectivity index (χ1n) is 7.59. The van der Waals surface area contributed by atoms with Crippen molar-refractivity contribution in [2.24, 2.45) is 0 Å². The predicted molar refractivity (Wildman–Crippen MR) is 91.2 cm³/mol. The van der Waals surface area contributed by atoms with E-state index in [4.69, 9.17) is 5.26 Å². The van der Waals surface area contributed by atoms with Crippen LogP contribution in [0.15, 0.2) is 53.6 Å². The van der Waals surface area contributed by atoms with Crippen molar-refractivity contribution in [1.29, 1.82) is 5.26 Å². The smallest absolute Gasteiger partial charge is 0.0991 e. The lowest BCUT2D eigenvalue weighted by atomic mass is 9.96. The fourth-order valence-electron chi connectivity index (χ4n) is 2.26. The van der Waals surface area contributed by atoms with Gasteiger partial charge in [0.25, 0.3) is 0 Å². The molecule has 0 unspecified atom stereocenters. The first kappa shape index (κ1) is 17.0. The highest BCUT2D eigenvalue weighted by Gasteiger charge is 2.03. The van der Waals surface area contributed by atoms with Crippen molar-refractivity contribution in [1.82, 2.24) is 0 Å². The Kier molecular flexibility index (Phi) is 7.26. The van der Waals surface area contributed by atoms with E-state index in [1.54, 1.807) is 0 Å². The normalized spacial score (nSPS) is 11.5. The monoisotopic (exact) mass is 279 g/mol. The average molecular weight is 279 g/mol. The van der Waals surface area contributed by atoms with Crippen LogP contribution in [0.4, 0.5) is 0 Å². The number of nitriles is 1. The molecule has 0 spiro atoms. The van der Waals surface area contributed by atoms with Gasteiger partial charge >= 0.3 is 0 Å². The summed E-state index contributed by atoms with van der Waals surface area (Å²) in [6.45, 7) is 8.42. The minimum absolute atomic E-state index is 0.753. The molecule has 0 bridgehead atoms. The molecule has 0 aliphatic rings. The summed E-state index contributed by atoms with van der Waals surface area (Å²) in [7, 11) is 0. The number of allylic oxidation sites excluding steroid dienone is 6. The van der Waals surface area contributed by atoms with E-state index in [1.165, 1.54) is 22.3 Å². The zero-order valence-corrected chi connectivity index (χ0v) is 13.6. The minimum atomic E-state index is 0.753. The molecule has 1 nitrogen and oxygen atoms in total. The summed E-state index contributed by atoms with van der Waals surface area (Å²) in [5.74, 6) is 0. The van der Waals surface area contributed by atoms with Crippen LogP contribution in [0.2, 0.25) is 0 Å². The SMILES string of the molecule is C/C=C\C(=C/C=C(C)C)CCc1cc(C#N)ccc1CC. The van der Waals surface area contributed by atoms with Crippen molar-refractivity contribution in [3.63, 3.8) is 0 Å². The van der Waals surface area contributed by atoms with Crippen LogP contribution in [0.3, 0.4) is 0 Å². The van der Waals surface area contributed by atoms with Crippen LogP contribution in [0, 0.1) is 11.3 Å². The molecule has 0 radical (unpaired) electrons. The topological polar surface area (TPSA) is 23.8 Å². The zero-order chi connectivity index (χ0) is 15.7. The summed E-state index contributed by atoms with van der Waals surface area (Å²) < 4.78 is 0. The van der Waals surface area contributed by atoms with Crippen molar-refractivity contribution in [2.45, 2.75) is 47.0 Å². The third-order valence-corrected chi connectivity index (χ3v) is 3.41. The molecule has 1 aromatic rings. The molecule has 0 heterocycles. The van der Waals surface area contributed by atoms with E-state index < -0.39 is 0 Å². The maximum atomic E-state index is 9.05. The van der Waals surface area contributed by atoms with E-state index in [0.717, 1.165) is 24.8 Å². The third kappa shape index (κ3) is 5.83. The molecule has 21 heavy (non-hydrogen) atoms. The molecule has 0 aliphatic carbocycles. The molecule has 110 valence electrons. The van der Waals surface area contributed by atoms with Crippen LogP contribution in [-0.2, 0) is 12.8 Å². The van der Waals surface area contributed by atoms with Crippen molar-refractivity contribution < 1.29 is 0 Å². The van der Waals surface area contributed by atoms with Crippen molar-refractivity contribution >= 4 is 0 Å². The highest BCUT2D eigenvalue weighted by Crippen LogP contribution is 2.18. The molecular formula is C20H25N. The summed E-state index contributed by atoms with van der Waals surface area (Å²) in [6, 6.07) is 8.27. The van der Waals surface area contributed by atoms with Gasteiger partial charge in [-0.1, -0.05) is 42.9 Å². The van der Waals surface area contributed by atoms with Crippen LogP contribution in [0.25, 0.3) is 0 Å². The molecule has 0 aliphatic heterocycles. The first-order valence-corrected chi connectivity index (χ1v) is 7.59. The molecule has 0 fully saturated rings. The Morgan fingerprint density at radius 1 is 1.19 bits per heavy atom. The van der Waals surface area contributed by atoms with Gasteiger partial charge in [0.15, 0.2) is 0 Å². The van der Waals surface area contributed by atoms with Gasteiger partial charge < -0.3 is 0 Å². The lowest BCUT2D eigenvalue weighted by molar-refractivity contribution is 0.933. The molecule has 1 aromatic carbocycles. The van der Waals surface area contributed by atoms with Crippen LogP contribution in [0.5, 0.6) is 0 Å². The molecule has 0 atom stereocenters. The predicted octanol–water partition coefficient (Wildman–Crippen LogP) is 5.52. The molecule has 0 amide bonds. The Hall–Kier alpha value is -2.07. The second kappa shape index (κ2) is 8.97. The maximum absolute atomic E-state index is 9.05. The maximum Gasteiger partial charge on any atom is 0.0991 e. The van der Waals surface area contributed by atoms with Crippen molar-refractivity contribution in [3.05, 3.63) is 70.3 Å². The van der Waals surface area contributed by atoms with E-state index in [2.05, 4.69) is 57.2 Å². The van der Waals surface area contributed by atoms with E-state index in [9.17, 15) is 0 Å². The van der Waals surface area contributed by atoms with Crippen LogP contribution >= 0.6 is 0 Å². The number of benzene rings is 1. The second-order valence-corrected chi connectivity index (χ2v) is 5.43. The van der Waals surface area contributed by atoms with Crippen LogP contribution in [-0.4, -0.2) is 0 Å². The van der Waals surface area contributed by atoms with Crippen molar-refractivity contribution in [2.75, 3.05) is 0 Å². The fourth-order valence-corrected chi connectivity index (χ4v) is 2.26. The minimum Gasteiger partial charge on any atom is -0.192 e. The molecule has 0 saturated carbocycles.